The maximum atomic E-state index is 12.7. The molecule has 2 aromatic carbocycles. The number of anilines is 2. The van der Waals surface area contributed by atoms with Crippen molar-refractivity contribution in [2.45, 2.75) is 26.8 Å². The van der Waals surface area contributed by atoms with Crippen LogP contribution in [0.25, 0.3) is 0 Å². The van der Waals surface area contributed by atoms with Gasteiger partial charge in [0.1, 0.15) is 5.75 Å². The van der Waals surface area contributed by atoms with E-state index in [1.165, 1.54) is 16.2 Å². The number of ether oxygens (including phenoxy) is 1. The second kappa shape index (κ2) is 8.44. The summed E-state index contributed by atoms with van der Waals surface area (Å²) in [5, 5.41) is 3.10. The predicted molar refractivity (Wildman–Crippen MR) is 110 cm³/mol. The first-order valence-electron chi connectivity index (χ1n) is 9.59. The fourth-order valence-electron chi connectivity index (χ4n) is 3.66. The number of benzene rings is 2. The van der Waals surface area contributed by atoms with Gasteiger partial charge in [-0.1, -0.05) is 17.7 Å². The molecule has 1 aliphatic heterocycles. The van der Waals surface area contributed by atoms with Crippen LogP contribution in [-0.2, 0) is 4.79 Å². The number of methoxy groups -OCH3 is 1. The van der Waals surface area contributed by atoms with Crippen LogP contribution in [0.4, 0.5) is 11.4 Å². The molecule has 0 aromatic heterocycles. The Kier molecular flexibility index (Phi) is 6.01. The maximum Gasteiger partial charge on any atom is 0.282 e. The predicted octanol–water partition coefficient (Wildman–Crippen LogP) is 2.04. The molecule has 1 amide bonds. The second-order valence-corrected chi connectivity index (χ2v) is 7.37. The number of carbonyl (C=O) groups excluding carboxylic acids is 1. The molecule has 27 heavy (non-hydrogen) atoms. The van der Waals surface area contributed by atoms with Crippen LogP contribution in [0.5, 0.6) is 5.75 Å². The lowest BCUT2D eigenvalue weighted by molar-refractivity contribution is -0.914. The Morgan fingerprint density at radius 2 is 1.78 bits per heavy atom. The summed E-state index contributed by atoms with van der Waals surface area (Å²) in [5.41, 5.74) is 4.43. The normalized spacial score (nSPS) is 16.1. The number of rotatable bonds is 5. The van der Waals surface area contributed by atoms with Crippen LogP contribution in [0.2, 0.25) is 0 Å². The zero-order valence-corrected chi connectivity index (χ0v) is 16.7. The Morgan fingerprint density at radius 1 is 1.11 bits per heavy atom. The van der Waals surface area contributed by atoms with Gasteiger partial charge in [-0.05, 0) is 56.7 Å². The summed E-state index contributed by atoms with van der Waals surface area (Å²) in [4.78, 5) is 16.4. The minimum absolute atomic E-state index is 0.0660. The first-order chi connectivity index (χ1) is 13.0. The molecule has 3 rings (SSSR count). The summed E-state index contributed by atoms with van der Waals surface area (Å²) in [5.74, 6) is 0.967. The van der Waals surface area contributed by atoms with E-state index in [0.717, 1.165) is 43.2 Å². The molecule has 2 aromatic rings. The summed E-state index contributed by atoms with van der Waals surface area (Å²) in [6.07, 6.45) is 0. The van der Waals surface area contributed by atoms with Crippen LogP contribution >= 0.6 is 0 Å². The van der Waals surface area contributed by atoms with Crippen LogP contribution in [-0.4, -0.2) is 45.2 Å². The van der Waals surface area contributed by atoms with E-state index in [0.29, 0.717) is 0 Å². The molecular formula is C22H30N3O2+. The molecule has 1 fully saturated rings. The van der Waals surface area contributed by atoms with E-state index < -0.39 is 0 Å². The average molecular weight is 369 g/mol. The Hall–Kier alpha value is -2.53. The topological polar surface area (TPSA) is 46.0 Å². The molecule has 5 nitrogen and oxygen atoms in total. The van der Waals surface area contributed by atoms with Crippen molar-refractivity contribution in [2.24, 2.45) is 0 Å². The molecule has 0 radical (unpaired) electrons. The number of quaternary nitrogens is 1. The van der Waals surface area contributed by atoms with Gasteiger partial charge in [-0.15, -0.1) is 0 Å². The van der Waals surface area contributed by atoms with Gasteiger partial charge in [0.25, 0.3) is 5.91 Å². The molecule has 1 saturated heterocycles. The maximum absolute atomic E-state index is 12.7. The standard InChI is InChI=1S/C22H29N3O2/c1-16-5-10-21(17(2)15-16)23-22(26)18(3)24-11-13-25(14-12-24)19-6-8-20(27-4)9-7-19/h5-10,15,18H,11-14H2,1-4H3,(H,23,26)/p+1/t18-/m0/s1. The number of nitrogens with one attached hydrogen (secondary N) is 2. The Balaban J connectivity index is 1.55. The zero-order valence-electron chi connectivity index (χ0n) is 16.7. The minimum Gasteiger partial charge on any atom is -0.497 e. The Labute approximate surface area is 161 Å². The lowest BCUT2D eigenvalue weighted by Gasteiger charge is -2.36. The van der Waals surface area contributed by atoms with Crippen molar-refractivity contribution < 1.29 is 14.4 Å². The number of carbonyl (C=O) groups is 1. The summed E-state index contributed by atoms with van der Waals surface area (Å²) >= 11 is 0. The fraction of sp³-hybridized carbons (Fsp3) is 0.409. The molecule has 0 unspecified atom stereocenters. The smallest absolute Gasteiger partial charge is 0.282 e. The van der Waals surface area contributed by atoms with Crippen molar-refractivity contribution in [3.8, 4) is 5.75 Å². The molecule has 5 heteroatoms. The number of piperazine rings is 1. The van der Waals surface area contributed by atoms with Crippen LogP contribution in [0.15, 0.2) is 42.5 Å². The monoisotopic (exact) mass is 368 g/mol. The van der Waals surface area contributed by atoms with Gasteiger partial charge in [-0.25, -0.2) is 0 Å². The third kappa shape index (κ3) is 4.61. The van der Waals surface area contributed by atoms with E-state index in [-0.39, 0.29) is 11.9 Å². The van der Waals surface area contributed by atoms with Crippen molar-refractivity contribution >= 4 is 17.3 Å². The molecule has 1 atom stereocenters. The van der Waals surface area contributed by atoms with E-state index in [9.17, 15) is 4.79 Å². The third-order valence-corrected chi connectivity index (χ3v) is 5.49. The molecule has 144 valence electrons. The summed E-state index contributed by atoms with van der Waals surface area (Å²) in [7, 11) is 1.68. The molecular weight excluding hydrogens is 338 g/mol. The Bertz CT molecular complexity index is 781. The number of hydrogen-bond donors (Lipinski definition) is 2. The van der Waals surface area contributed by atoms with Gasteiger partial charge in [0.15, 0.2) is 6.04 Å². The first-order valence-corrected chi connectivity index (χ1v) is 9.59. The summed E-state index contributed by atoms with van der Waals surface area (Å²) in [6, 6.07) is 14.2. The largest absolute Gasteiger partial charge is 0.497 e. The van der Waals surface area contributed by atoms with Gasteiger partial charge in [-0.3, -0.25) is 4.79 Å². The van der Waals surface area contributed by atoms with Crippen molar-refractivity contribution in [1.29, 1.82) is 0 Å². The SMILES string of the molecule is COc1ccc(N2CC[NH+]([C@@H](C)C(=O)Nc3ccc(C)cc3C)CC2)cc1. The number of amides is 1. The van der Waals surface area contributed by atoms with E-state index >= 15 is 0 Å². The second-order valence-electron chi connectivity index (χ2n) is 7.37. The molecule has 1 aliphatic rings. The third-order valence-electron chi connectivity index (χ3n) is 5.49. The Morgan fingerprint density at radius 3 is 2.37 bits per heavy atom. The quantitative estimate of drug-likeness (QED) is 0.849. The highest BCUT2D eigenvalue weighted by Gasteiger charge is 2.29. The van der Waals surface area contributed by atoms with Crippen molar-refractivity contribution in [3.05, 3.63) is 53.6 Å². The summed E-state index contributed by atoms with van der Waals surface area (Å²) in [6.45, 7) is 9.92. The van der Waals surface area contributed by atoms with Crippen molar-refractivity contribution in [1.82, 2.24) is 0 Å². The van der Waals surface area contributed by atoms with Gasteiger partial charge in [0.2, 0.25) is 0 Å². The van der Waals surface area contributed by atoms with E-state index in [2.05, 4.69) is 35.3 Å². The molecule has 0 bridgehead atoms. The highest BCUT2D eigenvalue weighted by molar-refractivity contribution is 5.94. The minimum atomic E-state index is -0.0660. The van der Waals surface area contributed by atoms with E-state index in [4.69, 9.17) is 4.74 Å². The van der Waals surface area contributed by atoms with E-state index in [1.54, 1.807) is 7.11 Å². The highest BCUT2D eigenvalue weighted by Crippen LogP contribution is 2.19. The van der Waals surface area contributed by atoms with Crippen LogP contribution in [0.1, 0.15) is 18.1 Å². The molecule has 1 heterocycles. The van der Waals surface area contributed by atoms with Crippen molar-refractivity contribution in [2.75, 3.05) is 43.5 Å². The lowest BCUT2D eigenvalue weighted by Crippen LogP contribution is -3.19. The van der Waals surface area contributed by atoms with Gasteiger partial charge < -0.3 is 19.9 Å². The average Bonchev–Trinajstić information content (AvgIpc) is 2.69. The number of hydrogen-bond acceptors (Lipinski definition) is 3. The summed E-state index contributed by atoms with van der Waals surface area (Å²) < 4.78 is 5.23. The molecule has 0 aliphatic carbocycles. The molecule has 2 N–H and O–H groups in total. The zero-order chi connectivity index (χ0) is 19.4. The van der Waals surface area contributed by atoms with E-state index in [1.807, 2.05) is 38.1 Å². The van der Waals surface area contributed by atoms with Gasteiger partial charge >= 0.3 is 0 Å². The van der Waals surface area contributed by atoms with Crippen LogP contribution in [0.3, 0.4) is 0 Å². The number of aryl methyl sites for hydroxylation is 2. The molecule has 0 saturated carbocycles. The first kappa shape index (κ1) is 19.2. The van der Waals surface area contributed by atoms with Gasteiger partial charge in [-0.2, -0.15) is 0 Å². The molecule has 0 spiro atoms. The van der Waals surface area contributed by atoms with Gasteiger partial charge in [0, 0.05) is 11.4 Å². The van der Waals surface area contributed by atoms with Gasteiger partial charge in [0.05, 0.1) is 33.3 Å². The lowest BCUT2D eigenvalue weighted by atomic mass is 10.1. The highest BCUT2D eigenvalue weighted by atomic mass is 16.5. The van der Waals surface area contributed by atoms with Crippen LogP contribution < -0.4 is 19.9 Å². The van der Waals surface area contributed by atoms with Crippen LogP contribution in [0, 0.1) is 13.8 Å². The number of nitrogens with zero attached hydrogens (tertiary/aromatic N) is 1. The fourth-order valence-corrected chi connectivity index (χ4v) is 3.66. The van der Waals surface area contributed by atoms with Crippen molar-refractivity contribution in [3.63, 3.8) is 0 Å².